The minimum atomic E-state index is -0.597. The second-order valence-corrected chi connectivity index (χ2v) is 6.47. The van der Waals surface area contributed by atoms with E-state index in [4.69, 9.17) is 4.42 Å². The van der Waals surface area contributed by atoms with Gasteiger partial charge in [-0.3, -0.25) is 0 Å². The maximum atomic E-state index is 10.3. The van der Waals surface area contributed by atoms with E-state index in [0.29, 0.717) is 0 Å². The molecule has 0 radical (unpaired) electrons. The van der Waals surface area contributed by atoms with Crippen molar-refractivity contribution in [2.45, 2.75) is 26.9 Å². The van der Waals surface area contributed by atoms with Crippen molar-refractivity contribution in [2.24, 2.45) is 0 Å². The Morgan fingerprint density at radius 3 is 2.38 bits per heavy atom. The van der Waals surface area contributed by atoms with Crippen LogP contribution in [0.15, 0.2) is 20.3 Å². The Kier molecular flexibility index (Phi) is 3.24. The Morgan fingerprint density at radius 2 is 1.94 bits per heavy atom. The fourth-order valence-electron chi connectivity index (χ4n) is 1.82. The molecule has 2 rings (SSSR count). The van der Waals surface area contributed by atoms with Crippen LogP contribution in [0.4, 0.5) is 0 Å². The molecule has 1 unspecified atom stereocenters. The van der Waals surface area contributed by atoms with E-state index in [2.05, 4.69) is 15.9 Å². The average molecular weight is 301 g/mol. The summed E-state index contributed by atoms with van der Waals surface area (Å²) in [6, 6.07) is 3.86. The summed E-state index contributed by atoms with van der Waals surface area (Å²) in [6.45, 7) is 5.78. The highest BCUT2D eigenvalue weighted by Crippen LogP contribution is 2.35. The van der Waals surface area contributed by atoms with E-state index in [1.165, 1.54) is 0 Å². The van der Waals surface area contributed by atoms with Crippen molar-refractivity contribution >= 4 is 27.3 Å². The van der Waals surface area contributed by atoms with E-state index in [-0.39, 0.29) is 0 Å². The molecular weight excluding hydrogens is 288 g/mol. The Balaban J connectivity index is 2.42. The molecule has 0 aliphatic rings. The van der Waals surface area contributed by atoms with E-state index >= 15 is 0 Å². The molecule has 0 aliphatic heterocycles. The van der Waals surface area contributed by atoms with Crippen molar-refractivity contribution in [3.63, 3.8) is 0 Å². The predicted molar refractivity (Wildman–Crippen MR) is 69.0 cm³/mol. The summed E-state index contributed by atoms with van der Waals surface area (Å²) in [7, 11) is 0. The zero-order valence-corrected chi connectivity index (χ0v) is 11.8. The summed E-state index contributed by atoms with van der Waals surface area (Å²) in [6.07, 6.45) is -0.597. The van der Waals surface area contributed by atoms with Gasteiger partial charge in [-0.2, -0.15) is 0 Å². The predicted octanol–water partition coefficient (Wildman–Crippen LogP) is 4.11. The standard InChI is InChI=1S/C12H13BrO2S/c1-6-4-9(7(2)15-6)12(14)10-5-11(13)16-8(10)3/h4-5,12,14H,1-3H3. The van der Waals surface area contributed by atoms with Crippen LogP contribution in [-0.4, -0.2) is 5.11 Å². The summed E-state index contributed by atoms with van der Waals surface area (Å²) in [5.41, 5.74) is 1.80. The molecule has 4 heteroatoms. The summed E-state index contributed by atoms with van der Waals surface area (Å²) >= 11 is 5.06. The van der Waals surface area contributed by atoms with Crippen LogP contribution in [0.2, 0.25) is 0 Å². The lowest BCUT2D eigenvalue weighted by molar-refractivity contribution is 0.218. The molecule has 86 valence electrons. The minimum absolute atomic E-state index is 0.597. The number of thiophene rings is 1. The first-order valence-electron chi connectivity index (χ1n) is 5.00. The van der Waals surface area contributed by atoms with Crippen LogP contribution in [-0.2, 0) is 0 Å². The lowest BCUT2D eigenvalue weighted by Crippen LogP contribution is -1.99. The van der Waals surface area contributed by atoms with Gasteiger partial charge in [0.25, 0.3) is 0 Å². The SMILES string of the molecule is Cc1cc(C(O)c2cc(Br)sc2C)c(C)o1. The van der Waals surface area contributed by atoms with Crippen molar-refractivity contribution in [2.75, 3.05) is 0 Å². The molecule has 2 aromatic heterocycles. The van der Waals surface area contributed by atoms with Crippen molar-refractivity contribution in [1.29, 1.82) is 0 Å². The minimum Gasteiger partial charge on any atom is -0.466 e. The van der Waals surface area contributed by atoms with Gasteiger partial charge in [-0.1, -0.05) is 0 Å². The van der Waals surface area contributed by atoms with Crippen molar-refractivity contribution in [1.82, 2.24) is 0 Å². The van der Waals surface area contributed by atoms with Crippen molar-refractivity contribution < 1.29 is 9.52 Å². The smallest absolute Gasteiger partial charge is 0.109 e. The van der Waals surface area contributed by atoms with Crippen LogP contribution in [0.3, 0.4) is 0 Å². The van der Waals surface area contributed by atoms with Gasteiger partial charge in [0.1, 0.15) is 17.6 Å². The summed E-state index contributed by atoms with van der Waals surface area (Å²) < 4.78 is 6.47. The second-order valence-electron chi connectivity index (χ2n) is 3.83. The maximum absolute atomic E-state index is 10.3. The van der Waals surface area contributed by atoms with Gasteiger partial charge in [-0.05, 0) is 54.4 Å². The molecule has 2 heterocycles. The maximum Gasteiger partial charge on any atom is 0.109 e. The quantitative estimate of drug-likeness (QED) is 0.905. The van der Waals surface area contributed by atoms with E-state index in [0.717, 1.165) is 31.3 Å². The molecule has 1 N–H and O–H groups in total. The number of rotatable bonds is 2. The highest BCUT2D eigenvalue weighted by molar-refractivity contribution is 9.11. The molecule has 2 nitrogen and oxygen atoms in total. The van der Waals surface area contributed by atoms with Crippen LogP contribution in [0.1, 0.15) is 33.6 Å². The molecule has 0 spiro atoms. The number of aryl methyl sites for hydroxylation is 3. The van der Waals surface area contributed by atoms with Crippen LogP contribution < -0.4 is 0 Å². The van der Waals surface area contributed by atoms with Crippen LogP contribution in [0.25, 0.3) is 0 Å². The first-order valence-corrected chi connectivity index (χ1v) is 6.61. The second kappa shape index (κ2) is 4.35. The zero-order valence-electron chi connectivity index (χ0n) is 9.37. The summed E-state index contributed by atoms with van der Waals surface area (Å²) in [5.74, 6) is 1.62. The Morgan fingerprint density at radius 1 is 1.25 bits per heavy atom. The fourth-order valence-corrected chi connectivity index (χ4v) is 3.56. The monoisotopic (exact) mass is 300 g/mol. The lowest BCUT2D eigenvalue weighted by Gasteiger charge is -2.08. The fraction of sp³-hybridized carbons (Fsp3) is 0.333. The van der Waals surface area contributed by atoms with Gasteiger partial charge in [-0.15, -0.1) is 11.3 Å². The van der Waals surface area contributed by atoms with Gasteiger partial charge in [0.05, 0.1) is 3.79 Å². The molecule has 2 aromatic rings. The lowest BCUT2D eigenvalue weighted by atomic mass is 10.0. The number of furan rings is 1. The first-order chi connectivity index (χ1) is 7.49. The molecule has 0 fully saturated rings. The van der Waals surface area contributed by atoms with E-state index in [1.807, 2.05) is 32.9 Å². The molecule has 0 bridgehead atoms. The Bertz CT molecular complexity index is 467. The van der Waals surface area contributed by atoms with Crippen LogP contribution in [0.5, 0.6) is 0 Å². The highest BCUT2D eigenvalue weighted by atomic mass is 79.9. The third-order valence-electron chi connectivity index (χ3n) is 2.59. The molecule has 1 atom stereocenters. The van der Waals surface area contributed by atoms with Crippen LogP contribution in [0, 0.1) is 20.8 Å². The van der Waals surface area contributed by atoms with Gasteiger partial charge < -0.3 is 9.52 Å². The van der Waals surface area contributed by atoms with Crippen LogP contribution >= 0.6 is 27.3 Å². The molecule has 0 saturated carbocycles. The van der Waals surface area contributed by atoms with Gasteiger partial charge in [0, 0.05) is 10.4 Å². The molecule has 0 aromatic carbocycles. The number of aliphatic hydroxyl groups is 1. The molecular formula is C12H13BrO2S. The molecule has 0 amide bonds. The van der Waals surface area contributed by atoms with Gasteiger partial charge >= 0.3 is 0 Å². The third-order valence-corrected chi connectivity index (χ3v) is 4.16. The first kappa shape index (κ1) is 11.9. The van der Waals surface area contributed by atoms with E-state index in [1.54, 1.807) is 11.3 Å². The number of halogens is 1. The summed E-state index contributed by atoms with van der Waals surface area (Å²) in [5, 5.41) is 10.3. The van der Waals surface area contributed by atoms with E-state index < -0.39 is 6.10 Å². The van der Waals surface area contributed by atoms with Gasteiger partial charge in [0.15, 0.2) is 0 Å². The average Bonchev–Trinajstić information content (AvgIpc) is 2.68. The Labute approximate surface area is 107 Å². The third kappa shape index (κ3) is 2.10. The Hall–Kier alpha value is -0.580. The largest absolute Gasteiger partial charge is 0.466 e. The van der Waals surface area contributed by atoms with Crippen molar-refractivity contribution in [3.05, 3.63) is 43.4 Å². The van der Waals surface area contributed by atoms with Gasteiger partial charge in [0.2, 0.25) is 0 Å². The topological polar surface area (TPSA) is 33.4 Å². The van der Waals surface area contributed by atoms with E-state index in [9.17, 15) is 5.11 Å². The summed E-state index contributed by atoms with van der Waals surface area (Å²) in [4.78, 5) is 1.12. The normalized spacial score (nSPS) is 13.1. The number of aliphatic hydroxyl groups excluding tert-OH is 1. The van der Waals surface area contributed by atoms with Crippen molar-refractivity contribution in [3.8, 4) is 0 Å². The van der Waals surface area contributed by atoms with Gasteiger partial charge in [-0.25, -0.2) is 0 Å². The zero-order chi connectivity index (χ0) is 11.9. The highest BCUT2D eigenvalue weighted by Gasteiger charge is 2.19. The molecule has 0 saturated heterocycles. The molecule has 0 aliphatic carbocycles. The molecule has 16 heavy (non-hydrogen) atoms. The number of hydrogen-bond acceptors (Lipinski definition) is 3. The number of hydrogen-bond donors (Lipinski definition) is 1.